The Morgan fingerprint density at radius 3 is 2.55 bits per heavy atom. The first-order chi connectivity index (χ1) is 5.26. The maximum atomic E-state index is 11.1. The summed E-state index contributed by atoms with van der Waals surface area (Å²) < 4.78 is 0. The summed E-state index contributed by atoms with van der Waals surface area (Å²) in [4.78, 5) is 12.8. The molecule has 0 aliphatic rings. The summed E-state index contributed by atoms with van der Waals surface area (Å²) in [6, 6.07) is 0. The zero-order valence-electron chi connectivity index (χ0n) is 7.26. The van der Waals surface area contributed by atoms with Crippen LogP contribution in [0.2, 0.25) is 0 Å². The van der Waals surface area contributed by atoms with Crippen molar-refractivity contribution in [2.45, 2.75) is 26.7 Å². The Bertz CT molecular complexity index is 157. The Kier molecular flexibility index (Phi) is 5.28. The lowest BCUT2D eigenvalue weighted by atomic mass is 10.3. The Labute approximate surface area is 68.6 Å². The molecule has 2 heteroatoms. The molecule has 0 aliphatic carbocycles. The Hall–Kier alpha value is -0.970. The van der Waals surface area contributed by atoms with Gasteiger partial charge in [0.1, 0.15) is 0 Å². The number of hydrogen-bond acceptors (Lipinski definition) is 1. The van der Waals surface area contributed by atoms with Gasteiger partial charge in [-0.05, 0) is 6.42 Å². The quantitative estimate of drug-likeness (QED) is 0.557. The third kappa shape index (κ3) is 3.67. The fourth-order valence-electron chi connectivity index (χ4n) is 0.896. The molecular weight excluding hydrogens is 138 g/mol. The van der Waals surface area contributed by atoms with Crippen LogP contribution in [0.25, 0.3) is 0 Å². The number of nitrogens with zero attached hydrogens (tertiary/aromatic N) is 1. The molecule has 0 atom stereocenters. The van der Waals surface area contributed by atoms with Crippen LogP contribution in [0.15, 0.2) is 0 Å². The van der Waals surface area contributed by atoms with Gasteiger partial charge in [0.05, 0.1) is 6.54 Å². The van der Waals surface area contributed by atoms with Crippen LogP contribution in [0.4, 0.5) is 0 Å². The molecule has 0 radical (unpaired) electrons. The van der Waals surface area contributed by atoms with E-state index in [4.69, 9.17) is 6.42 Å². The molecule has 1 amide bonds. The predicted octanol–water partition coefficient (Wildman–Crippen LogP) is 1.27. The molecule has 0 unspecified atom stereocenters. The summed E-state index contributed by atoms with van der Waals surface area (Å²) in [5.74, 6) is 2.62. The van der Waals surface area contributed by atoms with Gasteiger partial charge in [-0.3, -0.25) is 4.79 Å². The van der Waals surface area contributed by atoms with Crippen molar-refractivity contribution in [3.63, 3.8) is 0 Å². The van der Waals surface area contributed by atoms with E-state index in [1.54, 1.807) is 4.90 Å². The van der Waals surface area contributed by atoms with Gasteiger partial charge in [-0.25, -0.2) is 0 Å². The van der Waals surface area contributed by atoms with Gasteiger partial charge in [0.15, 0.2) is 0 Å². The fraction of sp³-hybridized carbons (Fsp3) is 0.667. The third-order valence-corrected chi connectivity index (χ3v) is 1.43. The molecule has 0 spiro atoms. The van der Waals surface area contributed by atoms with Crippen LogP contribution in [-0.4, -0.2) is 23.9 Å². The van der Waals surface area contributed by atoms with Crippen molar-refractivity contribution in [3.8, 4) is 12.3 Å². The van der Waals surface area contributed by atoms with Crippen molar-refractivity contribution in [2.75, 3.05) is 13.1 Å². The summed E-state index contributed by atoms with van der Waals surface area (Å²) >= 11 is 0. The first kappa shape index (κ1) is 10.0. The molecular formula is C9H15NO. The SMILES string of the molecule is C#CCN(CCC)C(=O)CC. The van der Waals surface area contributed by atoms with Crippen LogP contribution < -0.4 is 0 Å². The molecule has 2 nitrogen and oxygen atoms in total. The van der Waals surface area contributed by atoms with Crippen LogP contribution in [-0.2, 0) is 4.79 Å². The number of rotatable bonds is 4. The van der Waals surface area contributed by atoms with Gasteiger partial charge in [-0.2, -0.15) is 0 Å². The van der Waals surface area contributed by atoms with Crippen molar-refractivity contribution in [3.05, 3.63) is 0 Å². The van der Waals surface area contributed by atoms with Crippen molar-refractivity contribution in [2.24, 2.45) is 0 Å². The highest BCUT2D eigenvalue weighted by atomic mass is 16.2. The van der Waals surface area contributed by atoms with Crippen molar-refractivity contribution in [1.29, 1.82) is 0 Å². The molecule has 0 fully saturated rings. The number of amides is 1. The molecule has 0 saturated carbocycles. The smallest absolute Gasteiger partial charge is 0.223 e. The number of terminal acetylenes is 1. The third-order valence-electron chi connectivity index (χ3n) is 1.43. The monoisotopic (exact) mass is 153 g/mol. The van der Waals surface area contributed by atoms with Crippen LogP contribution in [0.5, 0.6) is 0 Å². The van der Waals surface area contributed by atoms with E-state index in [-0.39, 0.29) is 5.91 Å². The van der Waals surface area contributed by atoms with Crippen molar-refractivity contribution < 1.29 is 4.79 Å². The lowest BCUT2D eigenvalue weighted by molar-refractivity contribution is -0.130. The minimum atomic E-state index is 0.143. The topological polar surface area (TPSA) is 20.3 Å². The van der Waals surface area contributed by atoms with Gasteiger partial charge in [0.2, 0.25) is 5.91 Å². The highest BCUT2D eigenvalue weighted by Crippen LogP contribution is 1.94. The minimum Gasteiger partial charge on any atom is -0.332 e. The number of carbonyl (C=O) groups is 1. The Morgan fingerprint density at radius 2 is 2.18 bits per heavy atom. The molecule has 0 N–H and O–H groups in total. The molecule has 0 heterocycles. The van der Waals surface area contributed by atoms with Gasteiger partial charge in [0.25, 0.3) is 0 Å². The van der Waals surface area contributed by atoms with E-state index < -0.39 is 0 Å². The number of carbonyl (C=O) groups excluding carboxylic acids is 1. The van der Waals surface area contributed by atoms with Crippen LogP contribution >= 0.6 is 0 Å². The number of hydrogen-bond donors (Lipinski definition) is 0. The average molecular weight is 153 g/mol. The summed E-state index contributed by atoms with van der Waals surface area (Å²) in [5, 5.41) is 0. The lowest BCUT2D eigenvalue weighted by Crippen LogP contribution is -2.31. The summed E-state index contributed by atoms with van der Waals surface area (Å²) in [6.45, 7) is 5.10. The van der Waals surface area contributed by atoms with Crippen LogP contribution in [0.3, 0.4) is 0 Å². The highest BCUT2D eigenvalue weighted by Gasteiger charge is 2.07. The van der Waals surface area contributed by atoms with Crippen molar-refractivity contribution >= 4 is 5.91 Å². The van der Waals surface area contributed by atoms with Gasteiger partial charge in [-0.1, -0.05) is 19.8 Å². The van der Waals surface area contributed by atoms with E-state index in [1.807, 2.05) is 13.8 Å². The fourth-order valence-corrected chi connectivity index (χ4v) is 0.896. The highest BCUT2D eigenvalue weighted by molar-refractivity contribution is 5.76. The van der Waals surface area contributed by atoms with Crippen LogP contribution in [0, 0.1) is 12.3 Å². The molecule has 0 aromatic heterocycles. The van der Waals surface area contributed by atoms with E-state index in [1.165, 1.54) is 0 Å². The molecule has 0 aromatic carbocycles. The molecule has 0 bridgehead atoms. The second-order valence-electron chi connectivity index (χ2n) is 2.37. The van der Waals surface area contributed by atoms with Gasteiger partial charge >= 0.3 is 0 Å². The van der Waals surface area contributed by atoms with E-state index >= 15 is 0 Å². The zero-order chi connectivity index (χ0) is 8.69. The first-order valence-electron chi connectivity index (χ1n) is 3.97. The standard InChI is InChI=1S/C9H15NO/c1-4-7-10(8-5-2)9(11)6-3/h1H,5-8H2,2-3H3. The average Bonchev–Trinajstić information content (AvgIpc) is 2.03. The largest absolute Gasteiger partial charge is 0.332 e. The van der Waals surface area contributed by atoms with Gasteiger partial charge in [-0.15, -0.1) is 6.42 Å². The first-order valence-corrected chi connectivity index (χ1v) is 3.97. The molecule has 0 rings (SSSR count). The Morgan fingerprint density at radius 1 is 1.55 bits per heavy atom. The van der Waals surface area contributed by atoms with Gasteiger partial charge in [0, 0.05) is 13.0 Å². The van der Waals surface area contributed by atoms with Crippen molar-refractivity contribution in [1.82, 2.24) is 4.90 Å². The summed E-state index contributed by atoms with van der Waals surface area (Å²) in [6.07, 6.45) is 6.62. The predicted molar refractivity (Wildman–Crippen MR) is 46.0 cm³/mol. The normalized spacial score (nSPS) is 8.82. The molecule has 0 saturated heterocycles. The molecule has 62 valence electrons. The zero-order valence-corrected chi connectivity index (χ0v) is 7.26. The molecule has 11 heavy (non-hydrogen) atoms. The van der Waals surface area contributed by atoms with E-state index in [0.717, 1.165) is 13.0 Å². The summed E-state index contributed by atoms with van der Waals surface area (Å²) in [5.41, 5.74) is 0. The van der Waals surface area contributed by atoms with E-state index in [9.17, 15) is 4.79 Å². The van der Waals surface area contributed by atoms with E-state index in [0.29, 0.717) is 13.0 Å². The second-order valence-corrected chi connectivity index (χ2v) is 2.37. The lowest BCUT2D eigenvalue weighted by Gasteiger charge is -2.17. The molecule has 0 aromatic rings. The Balaban J connectivity index is 3.89. The maximum Gasteiger partial charge on any atom is 0.223 e. The van der Waals surface area contributed by atoms with Crippen LogP contribution in [0.1, 0.15) is 26.7 Å². The second kappa shape index (κ2) is 5.79. The van der Waals surface area contributed by atoms with E-state index in [2.05, 4.69) is 5.92 Å². The maximum absolute atomic E-state index is 11.1. The molecule has 0 aliphatic heterocycles. The summed E-state index contributed by atoms with van der Waals surface area (Å²) in [7, 11) is 0. The minimum absolute atomic E-state index is 0.143. The van der Waals surface area contributed by atoms with Gasteiger partial charge < -0.3 is 4.90 Å².